The number of carbonyl (C=O) groups is 3. The minimum atomic E-state index is -5.03. The van der Waals surface area contributed by atoms with E-state index < -0.39 is 23.4 Å². The molecule has 0 aliphatic carbocycles. The summed E-state index contributed by atoms with van der Waals surface area (Å²) in [5.74, 6) is 0.499. The van der Waals surface area contributed by atoms with E-state index in [4.69, 9.17) is 16.6 Å². The largest absolute Gasteiger partial charge is 0.573 e. The Balaban J connectivity index is 1.16. The lowest BCUT2D eigenvalue weighted by atomic mass is 9.94. The number of imidazole rings is 1. The molecule has 0 radical (unpaired) electrons. The minimum absolute atomic E-state index is 0.00526. The lowest BCUT2D eigenvalue weighted by Gasteiger charge is -2.38. The van der Waals surface area contributed by atoms with E-state index in [-0.39, 0.29) is 46.2 Å². The lowest BCUT2D eigenvalue weighted by Crippen LogP contribution is -2.51. The quantitative estimate of drug-likeness (QED) is 0.170. The molecule has 3 N–H and O–H groups in total. The van der Waals surface area contributed by atoms with Crippen LogP contribution in [0.4, 0.5) is 24.7 Å². The van der Waals surface area contributed by atoms with Gasteiger partial charge < -0.3 is 35.1 Å². The molecule has 292 valence electrons. The maximum atomic E-state index is 13.6. The Hall–Kier alpha value is -5.15. The fourth-order valence-corrected chi connectivity index (χ4v) is 7.12. The van der Waals surface area contributed by atoms with Crippen LogP contribution in [0.2, 0.25) is 5.02 Å². The molecule has 2 atom stereocenters. The number of likely N-dealkylation sites (N-methyl/N-ethyl adjacent to an activating group) is 1. The van der Waals surface area contributed by atoms with E-state index in [1.807, 2.05) is 35.5 Å². The molecule has 16 heteroatoms. The van der Waals surface area contributed by atoms with E-state index >= 15 is 0 Å². The highest BCUT2D eigenvalue weighted by Gasteiger charge is 2.36. The predicted octanol–water partition coefficient (Wildman–Crippen LogP) is 6.77. The van der Waals surface area contributed by atoms with Crippen LogP contribution < -0.4 is 20.3 Å². The average Bonchev–Trinajstić information content (AvgIpc) is 3.79. The highest BCUT2D eigenvalue weighted by Crippen LogP contribution is 2.41. The van der Waals surface area contributed by atoms with Crippen molar-refractivity contribution in [1.29, 1.82) is 0 Å². The monoisotopic (exact) mass is 780 g/mol. The van der Waals surface area contributed by atoms with Crippen LogP contribution in [0.3, 0.4) is 0 Å². The van der Waals surface area contributed by atoms with Crippen molar-refractivity contribution in [3.8, 4) is 28.1 Å². The van der Waals surface area contributed by atoms with Crippen LogP contribution in [0, 0.1) is 11.3 Å². The van der Waals surface area contributed by atoms with Gasteiger partial charge in [-0.15, -0.1) is 13.2 Å². The van der Waals surface area contributed by atoms with Crippen molar-refractivity contribution in [2.45, 2.75) is 46.5 Å². The Bertz CT molecular complexity index is 2020. The zero-order valence-electron chi connectivity index (χ0n) is 31.3. The van der Waals surface area contributed by atoms with Crippen LogP contribution in [0.1, 0.15) is 56.3 Å². The van der Waals surface area contributed by atoms with Gasteiger partial charge in [-0.25, -0.2) is 9.97 Å². The summed E-state index contributed by atoms with van der Waals surface area (Å²) in [5, 5.41) is 5.48. The molecule has 0 bridgehead atoms. The zero-order valence-corrected chi connectivity index (χ0v) is 32.0. The van der Waals surface area contributed by atoms with E-state index in [0.29, 0.717) is 67.1 Å². The first-order valence-corrected chi connectivity index (χ1v) is 18.4. The lowest BCUT2D eigenvalue weighted by molar-refractivity contribution is -0.274. The van der Waals surface area contributed by atoms with Crippen molar-refractivity contribution in [3.05, 3.63) is 77.3 Å². The van der Waals surface area contributed by atoms with Gasteiger partial charge in [-0.3, -0.25) is 14.4 Å². The van der Waals surface area contributed by atoms with E-state index in [1.54, 1.807) is 49.6 Å². The normalized spacial score (nSPS) is 17.7. The fraction of sp³-hybridized carbons (Fsp3) is 0.410. The number of alkyl halides is 3. The third-order valence-corrected chi connectivity index (χ3v) is 9.96. The van der Waals surface area contributed by atoms with Gasteiger partial charge in [0.05, 0.1) is 34.6 Å². The Morgan fingerprint density at radius 1 is 1.00 bits per heavy atom. The molecule has 2 saturated heterocycles. The summed E-state index contributed by atoms with van der Waals surface area (Å²) < 4.78 is 45.4. The number of nitrogens with one attached hydrogen (secondary N) is 3. The van der Waals surface area contributed by atoms with E-state index in [1.165, 1.54) is 12.3 Å². The number of aromatic amines is 1. The van der Waals surface area contributed by atoms with E-state index in [9.17, 15) is 27.6 Å². The molecule has 2 fully saturated rings. The number of benzene rings is 2. The maximum absolute atomic E-state index is 13.6. The number of hydrogen-bond donors (Lipinski definition) is 3. The molecule has 12 nitrogen and oxygen atoms in total. The van der Waals surface area contributed by atoms with Crippen LogP contribution in [0.15, 0.2) is 60.9 Å². The molecule has 6 rings (SSSR count). The summed E-state index contributed by atoms with van der Waals surface area (Å²) in [4.78, 5) is 56.6. The number of H-pyrrole nitrogens is 1. The first-order valence-electron chi connectivity index (χ1n) is 18.0. The molecule has 0 spiro atoms. The van der Waals surface area contributed by atoms with Crippen LogP contribution >= 0.6 is 11.6 Å². The number of ether oxygens (including phenoxy) is 1. The fourth-order valence-electron chi connectivity index (χ4n) is 6.91. The highest BCUT2D eigenvalue weighted by molar-refractivity contribution is 6.34. The molecule has 4 heterocycles. The summed E-state index contributed by atoms with van der Waals surface area (Å²) in [7, 11) is 1.72. The molecular weight excluding hydrogens is 737 g/mol. The number of pyridine rings is 1. The topological polar surface area (TPSA) is 136 Å². The molecule has 4 aromatic rings. The Morgan fingerprint density at radius 2 is 1.69 bits per heavy atom. The summed E-state index contributed by atoms with van der Waals surface area (Å²) >= 11 is 6.55. The van der Waals surface area contributed by atoms with Crippen LogP contribution in [0.5, 0.6) is 5.75 Å². The highest BCUT2D eigenvalue weighted by atomic mass is 35.5. The van der Waals surface area contributed by atoms with Crippen LogP contribution in [-0.2, 0) is 9.59 Å². The number of aromatic nitrogens is 3. The summed E-state index contributed by atoms with van der Waals surface area (Å²) in [6.45, 7) is 10.9. The van der Waals surface area contributed by atoms with Gasteiger partial charge in [-0.05, 0) is 43.1 Å². The SMILES string of the molecule is CNCC(=O)N1CC(C)CC1c1nc(-c2ccc(-c3cc(Cl)c(NC(=O)c4ccc(N5CCN(C(=O)C(C)(C)C)CC5)nc4)cc3OC(F)(F)F)cc2)c[nH]1. The van der Waals surface area contributed by atoms with E-state index in [0.717, 1.165) is 12.5 Å². The van der Waals surface area contributed by atoms with Gasteiger partial charge in [-0.2, -0.15) is 0 Å². The zero-order chi connectivity index (χ0) is 39.7. The summed E-state index contributed by atoms with van der Waals surface area (Å²) in [5.41, 5.74) is 1.38. The second-order valence-corrected chi connectivity index (χ2v) is 15.4. The van der Waals surface area contributed by atoms with Crippen molar-refractivity contribution >= 4 is 40.8 Å². The Morgan fingerprint density at radius 3 is 2.31 bits per heavy atom. The number of piperazine rings is 1. The minimum Gasteiger partial charge on any atom is -0.405 e. The second kappa shape index (κ2) is 15.9. The van der Waals surface area contributed by atoms with Crippen molar-refractivity contribution in [1.82, 2.24) is 30.1 Å². The predicted molar refractivity (Wildman–Crippen MR) is 204 cm³/mol. The number of carbonyl (C=O) groups excluding carboxylic acids is 3. The van der Waals surface area contributed by atoms with Crippen molar-refractivity contribution < 1.29 is 32.3 Å². The van der Waals surface area contributed by atoms with Gasteiger partial charge in [0, 0.05) is 67.7 Å². The first kappa shape index (κ1) is 39.5. The second-order valence-electron chi connectivity index (χ2n) is 14.9. The number of rotatable bonds is 9. The average molecular weight is 781 g/mol. The van der Waals surface area contributed by atoms with Gasteiger partial charge in [0.15, 0.2) is 0 Å². The third-order valence-electron chi connectivity index (χ3n) is 9.65. The number of halogens is 4. The molecule has 0 saturated carbocycles. The standard InChI is InChI=1S/C39H44ClF3N8O4/c1-23-16-31(51(22-23)34(52)21-44-5)35-46-20-30(47-35)25-8-6-24(7-9-25)27-17-28(40)29(18-32(27)55-39(41,42)43)48-36(53)26-10-11-33(45-19-26)49-12-14-50(15-13-49)37(54)38(2,3)4/h6-11,17-20,23,31,44H,12-16,21-22H2,1-5H3,(H,46,47)(H,48,53). The molecule has 2 unspecified atom stereocenters. The summed E-state index contributed by atoms with van der Waals surface area (Å²) in [6, 6.07) is 12.1. The number of anilines is 2. The van der Waals surface area contributed by atoms with Crippen molar-refractivity contribution in [3.63, 3.8) is 0 Å². The Kier molecular flexibility index (Phi) is 11.4. The van der Waals surface area contributed by atoms with E-state index in [2.05, 4.69) is 32.3 Å². The van der Waals surface area contributed by atoms with Gasteiger partial charge in [0.25, 0.3) is 5.91 Å². The van der Waals surface area contributed by atoms with Gasteiger partial charge in [0.1, 0.15) is 17.4 Å². The smallest absolute Gasteiger partial charge is 0.405 e. The molecule has 2 aliphatic heterocycles. The molecule has 55 heavy (non-hydrogen) atoms. The first-order chi connectivity index (χ1) is 26.0. The number of hydrogen-bond acceptors (Lipinski definition) is 8. The van der Waals surface area contributed by atoms with Crippen molar-refractivity contribution in [2.24, 2.45) is 11.3 Å². The number of nitrogens with zero attached hydrogens (tertiary/aromatic N) is 5. The summed E-state index contributed by atoms with van der Waals surface area (Å²) in [6.07, 6.45) is -1.14. The Labute approximate surface area is 322 Å². The molecular formula is C39H44ClF3N8O4. The van der Waals surface area contributed by atoms with Crippen LogP contribution in [-0.4, -0.2) is 95.2 Å². The number of likely N-dealkylation sites (tertiary alicyclic amines) is 1. The third kappa shape index (κ3) is 9.22. The maximum Gasteiger partial charge on any atom is 0.573 e. The van der Waals surface area contributed by atoms with Gasteiger partial charge in [0.2, 0.25) is 11.8 Å². The number of amides is 3. The van der Waals surface area contributed by atoms with Crippen LogP contribution in [0.25, 0.3) is 22.4 Å². The molecule has 2 aromatic carbocycles. The molecule has 3 amide bonds. The van der Waals surface area contributed by atoms with Gasteiger partial charge in [-0.1, -0.05) is 63.6 Å². The van der Waals surface area contributed by atoms with Crippen molar-refractivity contribution in [2.75, 3.05) is 56.5 Å². The molecule has 2 aromatic heterocycles. The van der Waals surface area contributed by atoms with Gasteiger partial charge >= 0.3 is 6.36 Å². The molecule has 2 aliphatic rings.